The van der Waals surface area contributed by atoms with Crippen LogP contribution in [0.4, 0.5) is 0 Å². The van der Waals surface area contributed by atoms with Crippen molar-refractivity contribution in [2.24, 2.45) is 0 Å². The molecule has 0 aliphatic heterocycles. The van der Waals surface area contributed by atoms with Gasteiger partial charge in [0.05, 0.1) is 5.92 Å². The van der Waals surface area contributed by atoms with Crippen LogP contribution in [0.25, 0.3) is 11.5 Å². The van der Waals surface area contributed by atoms with Gasteiger partial charge in [0.25, 0.3) is 0 Å². The lowest BCUT2D eigenvalue weighted by Gasteiger charge is -1.98. The van der Waals surface area contributed by atoms with Crippen LogP contribution in [-0.2, 0) is 4.79 Å². The highest BCUT2D eigenvalue weighted by Gasteiger charge is 2.19. The number of hydrogen-bond donors (Lipinski definition) is 0. The predicted octanol–water partition coefficient (Wildman–Crippen LogP) is 1.53. The van der Waals surface area contributed by atoms with Crippen LogP contribution in [0.2, 0.25) is 0 Å². The predicted molar refractivity (Wildman–Crippen MR) is 59.2 cm³/mol. The van der Waals surface area contributed by atoms with Gasteiger partial charge < -0.3 is 4.52 Å². The van der Waals surface area contributed by atoms with Crippen LogP contribution in [0.3, 0.4) is 0 Å². The Hall–Kier alpha value is -2.11. The summed E-state index contributed by atoms with van der Waals surface area (Å²) >= 11 is 0. The molecule has 1 unspecified atom stereocenters. The minimum absolute atomic E-state index is 0.0148. The number of rotatable bonds is 3. The summed E-state index contributed by atoms with van der Waals surface area (Å²) in [6.07, 6.45) is 1.63. The van der Waals surface area contributed by atoms with Gasteiger partial charge in [-0.15, -0.1) is 0 Å². The first-order valence-corrected chi connectivity index (χ1v) is 5.22. The molecule has 17 heavy (non-hydrogen) atoms. The van der Waals surface area contributed by atoms with Crippen LogP contribution in [-0.4, -0.2) is 25.9 Å². The molecule has 6 nitrogen and oxygen atoms in total. The summed E-state index contributed by atoms with van der Waals surface area (Å²) in [5.74, 6) is 0.911. The quantitative estimate of drug-likeness (QED) is 0.798. The molecular formula is C11H12N4O2. The largest absolute Gasteiger partial charge is 0.338 e. The van der Waals surface area contributed by atoms with Crippen LogP contribution in [0.15, 0.2) is 16.8 Å². The lowest BCUT2D eigenvalue weighted by molar-refractivity contribution is -0.118. The molecule has 0 fully saturated rings. The standard InChI is InChI=1S/C11H12N4O2/c1-6(7(2)16)11-14-10(15-17-11)9-4-5-12-8(3)13-9/h4-6H,1-3H3. The topological polar surface area (TPSA) is 81.8 Å². The van der Waals surface area contributed by atoms with Crippen molar-refractivity contribution in [1.82, 2.24) is 20.1 Å². The Morgan fingerprint density at radius 3 is 2.82 bits per heavy atom. The molecule has 88 valence electrons. The van der Waals surface area contributed by atoms with Crippen molar-refractivity contribution in [2.75, 3.05) is 0 Å². The van der Waals surface area contributed by atoms with Crippen molar-refractivity contribution >= 4 is 5.78 Å². The molecule has 2 aromatic rings. The molecule has 0 bridgehead atoms. The zero-order valence-electron chi connectivity index (χ0n) is 9.84. The number of aromatic nitrogens is 4. The van der Waals surface area contributed by atoms with E-state index in [-0.39, 0.29) is 11.7 Å². The van der Waals surface area contributed by atoms with E-state index in [9.17, 15) is 4.79 Å². The summed E-state index contributed by atoms with van der Waals surface area (Å²) in [5, 5.41) is 3.80. The lowest BCUT2D eigenvalue weighted by Crippen LogP contribution is -2.04. The van der Waals surface area contributed by atoms with Crippen molar-refractivity contribution in [3.8, 4) is 11.5 Å². The first kappa shape index (κ1) is 11.4. The lowest BCUT2D eigenvalue weighted by atomic mass is 10.1. The van der Waals surface area contributed by atoms with E-state index in [1.807, 2.05) is 0 Å². The van der Waals surface area contributed by atoms with E-state index in [1.165, 1.54) is 6.92 Å². The van der Waals surface area contributed by atoms with E-state index in [4.69, 9.17) is 4.52 Å². The summed E-state index contributed by atoms with van der Waals surface area (Å²) < 4.78 is 5.04. The van der Waals surface area contributed by atoms with Gasteiger partial charge in [0, 0.05) is 6.20 Å². The molecule has 2 heterocycles. The maximum atomic E-state index is 11.2. The normalized spacial score (nSPS) is 12.4. The molecule has 0 saturated carbocycles. The zero-order chi connectivity index (χ0) is 12.4. The summed E-state index contributed by atoms with van der Waals surface area (Å²) in [6, 6.07) is 1.69. The van der Waals surface area contributed by atoms with Crippen LogP contribution in [0, 0.1) is 6.92 Å². The van der Waals surface area contributed by atoms with Crippen molar-refractivity contribution < 1.29 is 9.32 Å². The molecule has 0 spiro atoms. The number of carbonyl (C=O) groups excluding carboxylic acids is 1. The van der Waals surface area contributed by atoms with E-state index in [0.29, 0.717) is 23.2 Å². The van der Waals surface area contributed by atoms with Gasteiger partial charge in [0.1, 0.15) is 17.3 Å². The molecule has 1 atom stereocenters. The molecule has 6 heteroatoms. The fourth-order valence-corrected chi connectivity index (χ4v) is 1.27. The van der Waals surface area contributed by atoms with E-state index >= 15 is 0 Å². The number of carbonyl (C=O) groups is 1. The minimum Gasteiger partial charge on any atom is -0.338 e. The monoisotopic (exact) mass is 232 g/mol. The molecular weight excluding hydrogens is 220 g/mol. The van der Waals surface area contributed by atoms with Gasteiger partial charge in [0.2, 0.25) is 11.7 Å². The van der Waals surface area contributed by atoms with Gasteiger partial charge in [-0.3, -0.25) is 4.79 Å². The Labute approximate surface area is 98.1 Å². The highest BCUT2D eigenvalue weighted by atomic mass is 16.5. The second-order valence-electron chi connectivity index (χ2n) is 3.78. The van der Waals surface area contributed by atoms with E-state index in [2.05, 4.69) is 20.1 Å². The Kier molecular flexibility index (Phi) is 2.95. The summed E-state index contributed by atoms with van der Waals surface area (Å²) in [7, 11) is 0. The zero-order valence-corrected chi connectivity index (χ0v) is 9.84. The summed E-state index contributed by atoms with van der Waals surface area (Å²) in [4.78, 5) is 23.5. The highest BCUT2D eigenvalue weighted by molar-refractivity contribution is 5.81. The third kappa shape index (κ3) is 2.35. The maximum Gasteiger partial charge on any atom is 0.237 e. The molecule has 0 N–H and O–H groups in total. The number of aryl methyl sites for hydroxylation is 1. The molecule has 0 aromatic carbocycles. The van der Waals surface area contributed by atoms with Gasteiger partial charge >= 0.3 is 0 Å². The van der Waals surface area contributed by atoms with Crippen LogP contribution in [0.5, 0.6) is 0 Å². The first-order chi connectivity index (χ1) is 8.08. The van der Waals surface area contributed by atoms with E-state index in [1.54, 1.807) is 26.1 Å². The molecule has 0 aliphatic rings. The smallest absolute Gasteiger partial charge is 0.237 e. The Morgan fingerprint density at radius 1 is 1.41 bits per heavy atom. The molecule has 2 aromatic heterocycles. The fraction of sp³-hybridized carbons (Fsp3) is 0.364. The van der Waals surface area contributed by atoms with Gasteiger partial charge in [0.15, 0.2) is 0 Å². The Balaban J connectivity index is 2.33. The molecule has 0 radical (unpaired) electrons. The van der Waals surface area contributed by atoms with Gasteiger partial charge in [-0.1, -0.05) is 5.16 Å². The number of hydrogen-bond acceptors (Lipinski definition) is 6. The van der Waals surface area contributed by atoms with Crippen molar-refractivity contribution in [3.05, 3.63) is 24.0 Å². The average Bonchev–Trinajstić information content (AvgIpc) is 2.77. The molecule has 2 rings (SSSR count). The average molecular weight is 232 g/mol. The van der Waals surface area contributed by atoms with Crippen molar-refractivity contribution in [2.45, 2.75) is 26.7 Å². The third-order valence-electron chi connectivity index (χ3n) is 2.43. The number of Topliss-reactive ketones (excluding diaryl/α,β-unsaturated/α-hetero) is 1. The van der Waals surface area contributed by atoms with Crippen LogP contribution < -0.4 is 0 Å². The van der Waals surface area contributed by atoms with E-state index in [0.717, 1.165) is 0 Å². The Morgan fingerprint density at radius 2 is 2.18 bits per heavy atom. The van der Waals surface area contributed by atoms with Gasteiger partial charge in [-0.05, 0) is 26.8 Å². The summed E-state index contributed by atoms with van der Waals surface area (Å²) in [5.41, 5.74) is 0.586. The van der Waals surface area contributed by atoms with Crippen LogP contribution >= 0.6 is 0 Å². The van der Waals surface area contributed by atoms with Gasteiger partial charge in [-0.25, -0.2) is 9.97 Å². The second kappa shape index (κ2) is 4.40. The van der Waals surface area contributed by atoms with E-state index < -0.39 is 0 Å². The second-order valence-corrected chi connectivity index (χ2v) is 3.78. The van der Waals surface area contributed by atoms with Crippen molar-refractivity contribution in [1.29, 1.82) is 0 Å². The fourth-order valence-electron chi connectivity index (χ4n) is 1.27. The van der Waals surface area contributed by atoms with Gasteiger partial charge in [-0.2, -0.15) is 4.98 Å². The van der Waals surface area contributed by atoms with Crippen LogP contribution in [0.1, 0.15) is 31.5 Å². The SMILES string of the molecule is CC(=O)C(C)c1nc(-c2ccnc(C)n2)no1. The number of nitrogens with zero attached hydrogens (tertiary/aromatic N) is 4. The maximum absolute atomic E-state index is 11.2. The number of ketones is 1. The third-order valence-corrected chi connectivity index (χ3v) is 2.43. The highest BCUT2D eigenvalue weighted by Crippen LogP contribution is 2.18. The summed E-state index contributed by atoms with van der Waals surface area (Å²) in [6.45, 7) is 5.00. The van der Waals surface area contributed by atoms with Crippen molar-refractivity contribution in [3.63, 3.8) is 0 Å². The minimum atomic E-state index is -0.390. The Bertz CT molecular complexity index is 550. The molecule has 0 saturated heterocycles. The molecule has 0 amide bonds. The molecule has 0 aliphatic carbocycles. The first-order valence-electron chi connectivity index (χ1n) is 5.22.